The van der Waals surface area contributed by atoms with Gasteiger partial charge in [-0.15, -0.1) is 0 Å². The van der Waals surface area contributed by atoms with Gasteiger partial charge >= 0.3 is 7.12 Å². The highest BCUT2D eigenvalue weighted by Gasteiger charge is 2.81. The quantitative estimate of drug-likeness (QED) is 0.170. The van der Waals surface area contributed by atoms with Gasteiger partial charge in [0.2, 0.25) is 0 Å². The van der Waals surface area contributed by atoms with Gasteiger partial charge in [0.15, 0.2) is 0 Å². The molecule has 0 aromatic heterocycles. The topological polar surface area (TPSA) is 40.5 Å². The van der Waals surface area contributed by atoms with Crippen LogP contribution in [-0.2, 0) is 10.8 Å². The molecule has 0 aliphatic heterocycles. The third-order valence-electron chi connectivity index (χ3n) is 20.5. The Morgan fingerprint density at radius 2 is 0.864 bits per heavy atom. The molecule has 0 radical (unpaired) electrons. The lowest BCUT2D eigenvalue weighted by Crippen LogP contribution is -2.62. The Kier molecular flexibility index (Phi) is 8.82. The zero-order valence-corrected chi connectivity index (χ0v) is 40.1. The Bertz CT molecular complexity index is 3000. The van der Waals surface area contributed by atoms with Crippen LogP contribution in [0.25, 0.3) is 33.4 Å². The van der Waals surface area contributed by atoms with E-state index in [-0.39, 0.29) is 10.8 Å². The van der Waals surface area contributed by atoms with Crippen LogP contribution in [0, 0.1) is 72.0 Å². The molecule has 8 unspecified atom stereocenters. The van der Waals surface area contributed by atoms with Gasteiger partial charge < -0.3 is 10.0 Å². The summed E-state index contributed by atoms with van der Waals surface area (Å²) < 4.78 is 0. The largest absolute Gasteiger partial charge is 0.488 e. The molecule has 2 N–H and O–H groups in total. The Morgan fingerprint density at radius 3 is 1.36 bits per heavy atom. The van der Waals surface area contributed by atoms with Gasteiger partial charge in [-0.1, -0.05) is 126 Å². The summed E-state index contributed by atoms with van der Waals surface area (Å²) in [7, 11) is -1.41. The van der Waals surface area contributed by atoms with Crippen LogP contribution in [0.5, 0.6) is 0 Å². The Morgan fingerprint density at radius 1 is 0.439 bits per heavy atom. The fourth-order valence-corrected chi connectivity index (χ4v) is 20.2. The summed E-state index contributed by atoms with van der Waals surface area (Å²) in [4.78, 5) is 0. The molecule has 8 atom stereocenters. The predicted molar refractivity (Wildman–Crippen MR) is 270 cm³/mol. The summed E-state index contributed by atoms with van der Waals surface area (Å²) in [5.74, 6) is 7.30. The van der Waals surface area contributed by atoms with Crippen LogP contribution in [0.2, 0.25) is 15.1 Å². The molecule has 10 aliphatic rings. The lowest BCUT2D eigenvalue weighted by molar-refractivity contribution is -0.0819. The first-order chi connectivity index (χ1) is 32.0. The van der Waals surface area contributed by atoms with Crippen LogP contribution in [-0.4, -0.2) is 17.2 Å². The molecule has 332 valence electrons. The first kappa shape index (κ1) is 41.2. The van der Waals surface area contributed by atoms with Gasteiger partial charge in [-0.2, -0.15) is 0 Å². The second kappa shape index (κ2) is 14.1. The van der Waals surface area contributed by atoms with Crippen LogP contribution in [0.1, 0.15) is 97.6 Å². The molecule has 6 aromatic carbocycles. The van der Waals surface area contributed by atoms with E-state index in [1.165, 1.54) is 109 Å². The van der Waals surface area contributed by atoms with Crippen molar-refractivity contribution in [1.82, 2.24) is 0 Å². The van der Waals surface area contributed by atoms with Gasteiger partial charge in [0.1, 0.15) is 0 Å². The molecule has 8 saturated carbocycles. The fourth-order valence-electron chi connectivity index (χ4n) is 19.4. The van der Waals surface area contributed by atoms with Crippen molar-refractivity contribution in [2.45, 2.75) is 88.9 Å². The third-order valence-corrected chi connectivity index (χ3v) is 21.3. The number of hydrogen-bond donors (Lipinski definition) is 2. The predicted octanol–water partition coefficient (Wildman–Crippen LogP) is 14.4. The molecule has 16 rings (SSSR count). The molecular formula is C60H56BCl3O2. The van der Waals surface area contributed by atoms with E-state index < -0.39 is 7.12 Å². The average Bonchev–Trinajstić information content (AvgIpc) is 4.05. The molecule has 8 fully saturated rings. The summed E-state index contributed by atoms with van der Waals surface area (Å²) >= 11 is 18.9. The van der Waals surface area contributed by atoms with Gasteiger partial charge in [-0.3, -0.25) is 0 Å². The summed E-state index contributed by atoms with van der Waals surface area (Å²) in [6.45, 7) is 4.00. The highest BCUT2D eigenvalue weighted by molar-refractivity contribution is 6.59. The summed E-state index contributed by atoms with van der Waals surface area (Å²) in [6, 6.07) is 43.7. The molecule has 6 heteroatoms. The van der Waals surface area contributed by atoms with Crippen molar-refractivity contribution in [3.63, 3.8) is 0 Å². The molecule has 6 bridgehead atoms. The van der Waals surface area contributed by atoms with Gasteiger partial charge in [-0.25, -0.2) is 0 Å². The highest BCUT2D eigenvalue weighted by Crippen LogP contribution is 2.87. The Balaban J connectivity index is 0.000000105. The Hall–Kier alpha value is -3.83. The molecule has 0 amide bonds. The van der Waals surface area contributed by atoms with E-state index in [1.807, 2.05) is 0 Å². The summed E-state index contributed by atoms with van der Waals surface area (Å²) in [5, 5.41) is 20.1. The maximum absolute atomic E-state index is 8.81. The van der Waals surface area contributed by atoms with Gasteiger partial charge in [-0.05, 0) is 239 Å². The number of halogens is 3. The number of fused-ring (bicyclic) bond motifs is 18. The average molecular weight is 926 g/mol. The van der Waals surface area contributed by atoms with Crippen LogP contribution in [0.15, 0.2) is 121 Å². The normalized spacial score (nSPS) is 35.7. The van der Waals surface area contributed by atoms with Crippen molar-refractivity contribution in [1.29, 1.82) is 0 Å². The lowest BCUT2D eigenvalue weighted by atomic mass is 9.38. The number of hydrogen-bond acceptors (Lipinski definition) is 2. The first-order valence-electron chi connectivity index (χ1n) is 25.0. The lowest BCUT2D eigenvalue weighted by Gasteiger charge is -2.65. The smallest absolute Gasteiger partial charge is 0.423 e. The highest BCUT2D eigenvalue weighted by atomic mass is 35.5. The second-order valence-electron chi connectivity index (χ2n) is 22.9. The SMILES string of the molecule is Cc1cc(Cl)ccc1-c1cccc2c1C1(c3ccccc3-2)C2CC3CC4CC1C2(C3)C4.Cc1cc(Cl)ccc1B(O)O.Clc1cccc2c1C1(c3ccccc3-2)C2CC3CC4CC1C2(C3)C4. The second-order valence-corrected chi connectivity index (χ2v) is 24.2. The maximum atomic E-state index is 8.81. The van der Waals surface area contributed by atoms with E-state index in [9.17, 15) is 0 Å². The van der Waals surface area contributed by atoms with E-state index in [0.717, 1.165) is 63.0 Å². The van der Waals surface area contributed by atoms with Crippen LogP contribution < -0.4 is 5.46 Å². The number of aryl methyl sites for hydroxylation is 2. The Labute approximate surface area is 405 Å². The van der Waals surface area contributed by atoms with E-state index in [2.05, 4.69) is 110 Å². The summed E-state index contributed by atoms with van der Waals surface area (Å²) in [5.41, 5.74) is 19.5. The van der Waals surface area contributed by atoms with E-state index in [1.54, 1.807) is 41.8 Å². The molecule has 10 aliphatic carbocycles. The van der Waals surface area contributed by atoms with E-state index in [4.69, 9.17) is 44.9 Å². The van der Waals surface area contributed by atoms with E-state index in [0.29, 0.717) is 21.3 Å². The minimum atomic E-state index is -1.41. The summed E-state index contributed by atoms with van der Waals surface area (Å²) in [6.07, 6.45) is 14.9. The van der Waals surface area contributed by atoms with Crippen molar-refractivity contribution < 1.29 is 10.0 Å². The van der Waals surface area contributed by atoms with Gasteiger partial charge in [0.25, 0.3) is 0 Å². The van der Waals surface area contributed by atoms with Crippen molar-refractivity contribution >= 4 is 47.4 Å². The van der Waals surface area contributed by atoms with Crippen molar-refractivity contribution in [2.24, 2.45) is 58.2 Å². The van der Waals surface area contributed by atoms with Crippen LogP contribution in [0.4, 0.5) is 0 Å². The molecule has 66 heavy (non-hydrogen) atoms. The van der Waals surface area contributed by atoms with Crippen molar-refractivity contribution in [3.8, 4) is 33.4 Å². The van der Waals surface area contributed by atoms with Gasteiger partial charge in [0.05, 0.1) is 0 Å². The van der Waals surface area contributed by atoms with Gasteiger partial charge in [0, 0.05) is 25.9 Å². The number of benzene rings is 6. The molecule has 2 nitrogen and oxygen atoms in total. The zero-order chi connectivity index (χ0) is 44.6. The van der Waals surface area contributed by atoms with E-state index >= 15 is 0 Å². The van der Waals surface area contributed by atoms with Crippen molar-refractivity contribution in [3.05, 3.63) is 170 Å². The maximum Gasteiger partial charge on any atom is 0.488 e. The minimum absolute atomic E-state index is 0.235. The molecule has 6 aromatic rings. The number of rotatable bonds is 2. The third kappa shape index (κ3) is 5.05. The van der Waals surface area contributed by atoms with Crippen LogP contribution in [0.3, 0.4) is 0 Å². The monoisotopic (exact) mass is 924 g/mol. The standard InChI is InChI=1S/C30H27Cl.C23H21Cl.C7H8BClO2/c1-17-11-20(31)9-10-21(17)23-6-4-7-24-22-5-2-3-8-25(22)30(28(23)24)26-13-18-12-19-14-27(30)29(26,15-18)16-19;24-18-7-3-5-16-15-4-1-2-6-17(15)23(21(16)18)19-9-13-8-14-10-20(23)22(19,11-13)12-14;1-5-4-6(9)2-3-7(5)8(10)11/h2-11,18-19,26-27H,12-16H2,1H3;1-7,13-14,19-20H,8-12H2;2-4,10-11H,1H3. The fraction of sp³-hybridized carbons (Fsp3) is 0.400. The molecule has 0 saturated heterocycles. The minimum Gasteiger partial charge on any atom is -0.423 e. The molecule has 0 heterocycles. The molecular weight excluding hydrogens is 870 g/mol. The molecule has 4 spiro atoms. The van der Waals surface area contributed by atoms with Crippen molar-refractivity contribution in [2.75, 3.05) is 0 Å². The zero-order valence-electron chi connectivity index (χ0n) is 37.8. The van der Waals surface area contributed by atoms with Crippen LogP contribution >= 0.6 is 34.8 Å². The first-order valence-corrected chi connectivity index (χ1v) is 26.1.